The molecule has 0 aromatic heterocycles. The standard InChI is InChI=1S/C10H13BrFNO4S/c1-10(5-14,6-15)13-18(16,17)7-2-3-8(11)9(12)4-7/h2-4,13-15H,5-6H2,1H3. The molecular formula is C10H13BrFNO4S. The van der Waals surface area contributed by atoms with Crippen molar-refractivity contribution in [1.82, 2.24) is 4.72 Å². The van der Waals surface area contributed by atoms with Crippen LogP contribution in [0.15, 0.2) is 27.6 Å². The van der Waals surface area contributed by atoms with Crippen LogP contribution in [0, 0.1) is 5.82 Å². The second kappa shape index (κ2) is 5.62. The fourth-order valence-electron chi connectivity index (χ4n) is 1.14. The minimum absolute atomic E-state index is 0.147. The summed E-state index contributed by atoms with van der Waals surface area (Å²) in [6.45, 7) is 0.170. The van der Waals surface area contributed by atoms with E-state index in [2.05, 4.69) is 20.7 Å². The molecule has 0 aliphatic rings. The van der Waals surface area contributed by atoms with Crippen molar-refractivity contribution in [3.8, 4) is 0 Å². The Balaban J connectivity index is 3.10. The molecule has 5 nitrogen and oxygen atoms in total. The average molecular weight is 342 g/mol. The molecule has 0 spiro atoms. The Kier molecular flexibility index (Phi) is 4.84. The SMILES string of the molecule is CC(CO)(CO)NS(=O)(=O)c1ccc(Br)c(F)c1. The fourth-order valence-corrected chi connectivity index (χ4v) is 2.79. The third kappa shape index (κ3) is 3.48. The minimum Gasteiger partial charge on any atom is -0.394 e. The van der Waals surface area contributed by atoms with E-state index in [0.717, 1.165) is 6.07 Å². The van der Waals surface area contributed by atoms with Crippen LogP contribution in [0.4, 0.5) is 4.39 Å². The lowest BCUT2D eigenvalue weighted by Gasteiger charge is -2.25. The summed E-state index contributed by atoms with van der Waals surface area (Å²) in [7, 11) is -4.01. The Labute approximate surface area is 113 Å². The molecule has 0 heterocycles. The summed E-state index contributed by atoms with van der Waals surface area (Å²) in [5.41, 5.74) is -1.40. The summed E-state index contributed by atoms with van der Waals surface area (Å²) >= 11 is 2.91. The summed E-state index contributed by atoms with van der Waals surface area (Å²) in [5.74, 6) is -0.715. The van der Waals surface area contributed by atoms with Crippen LogP contribution < -0.4 is 4.72 Å². The van der Waals surface area contributed by atoms with Crippen molar-refractivity contribution in [2.24, 2.45) is 0 Å². The predicted molar refractivity (Wildman–Crippen MR) is 67.0 cm³/mol. The summed E-state index contributed by atoms with van der Waals surface area (Å²) in [6.07, 6.45) is 0. The first kappa shape index (κ1) is 15.5. The molecule has 1 rings (SSSR count). The van der Waals surface area contributed by atoms with E-state index in [-0.39, 0.29) is 9.37 Å². The van der Waals surface area contributed by atoms with Crippen molar-refractivity contribution in [1.29, 1.82) is 0 Å². The number of hydrogen-bond donors (Lipinski definition) is 3. The zero-order valence-corrected chi connectivity index (χ0v) is 11.9. The lowest BCUT2D eigenvalue weighted by atomic mass is 10.1. The Morgan fingerprint density at radius 2 is 1.94 bits per heavy atom. The van der Waals surface area contributed by atoms with Gasteiger partial charge in [0.15, 0.2) is 0 Å². The molecule has 0 aliphatic heterocycles. The van der Waals surface area contributed by atoms with Crippen LogP contribution in [0.1, 0.15) is 6.92 Å². The Hall–Kier alpha value is -0.540. The lowest BCUT2D eigenvalue weighted by Crippen LogP contribution is -2.51. The number of nitrogens with one attached hydrogen (secondary N) is 1. The highest BCUT2D eigenvalue weighted by Crippen LogP contribution is 2.20. The maximum absolute atomic E-state index is 13.3. The molecule has 0 radical (unpaired) electrons. The Morgan fingerprint density at radius 1 is 1.39 bits per heavy atom. The van der Waals surface area contributed by atoms with Gasteiger partial charge in [0.2, 0.25) is 10.0 Å². The van der Waals surface area contributed by atoms with Crippen molar-refractivity contribution in [3.63, 3.8) is 0 Å². The molecule has 0 bridgehead atoms. The summed E-state index contributed by atoms with van der Waals surface area (Å²) in [6, 6.07) is 3.32. The number of sulfonamides is 1. The molecule has 1 aromatic carbocycles. The van der Waals surface area contributed by atoms with Crippen molar-refractivity contribution >= 4 is 26.0 Å². The number of benzene rings is 1. The maximum Gasteiger partial charge on any atom is 0.241 e. The number of rotatable bonds is 5. The smallest absolute Gasteiger partial charge is 0.241 e. The van der Waals surface area contributed by atoms with Gasteiger partial charge in [0.25, 0.3) is 0 Å². The molecule has 8 heteroatoms. The van der Waals surface area contributed by atoms with Gasteiger partial charge in [-0.1, -0.05) is 0 Å². The second-order valence-electron chi connectivity index (χ2n) is 4.06. The zero-order valence-electron chi connectivity index (χ0n) is 9.52. The first-order chi connectivity index (χ1) is 8.24. The van der Waals surface area contributed by atoms with Crippen molar-refractivity contribution in [2.75, 3.05) is 13.2 Å². The van der Waals surface area contributed by atoms with Gasteiger partial charge in [-0.05, 0) is 41.1 Å². The fraction of sp³-hybridized carbons (Fsp3) is 0.400. The van der Waals surface area contributed by atoms with E-state index in [1.165, 1.54) is 19.1 Å². The molecule has 18 heavy (non-hydrogen) atoms. The van der Waals surface area contributed by atoms with Crippen LogP contribution in [0.3, 0.4) is 0 Å². The van der Waals surface area contributed by atoms with E-state index in [4.69, 9.17) is 10.2 Å². The highest BCUT2D eigenvalue weighted by molar-refractivity contribution is 9.10. The second-order valence-corrected chi connectivity index (χ2v) is 6.60. The van der Waals surface area contributed by atoms with Crippen molar-refractivity contribution < 1.29 is 23.0 Å². The molecule has 0 aliphatic carbocycles. The van der Waals surface area contributed by atoms with Crippen LogP contribution in [-0.2, 0) is 10.0 Å². The van der Waals surface area contributed by atoms with E-state index in [1.807, 2.05) is 0 Å². The average Bonchev–Trinajstić information content (AvgIpc) is 2.32. The molecule has 0 saturated heterocycles. The predicted octanol–water partition coefficient (Wildman–Crippen LogP) is 0.610. The molecule has 0 fully saturated rings. The number of aliphatic hydroxyl groups excluding tert-OH is 2. The molecule has 0 saturated carbocycles. The summed E-state index contributed by atoms with van der Waals surface area (Å²) in [5, 5.41) is 18.1. The Morgan fingerprint density at radius 3 is 2.39 bits per heavy atom. The van der Waals surface area contributed by atoms with E-state index in [9.17, 15) is 12.8 Å². The first-order valence-corrected chi connectivity index (χ1v) is 7.22. The van der Waals surface area contributed by atoms with E-state index < -0.39 is 34.6 Å². The lowest BCUT2D eigenvalue weighted by molar-refractivity contribution is 0.122. The van der Waals surface area contributed by atoms with Gasteiger partial charge in [-0.2, -0.15) is 0 Å². The van der Waals surface area contributed by atoms with Crippen LogP contribution in [0.2, 0.25) is 0 Å². The van der Waals surface area contributed by atoms with E-state index in [0.29, 0.717) is 0 Å². The van der Waals surface area contributed by atoms with Crippen molar-refractivity contribution in [3.05, 3.63) is 28.5 Å². The van der Waals surface area contributed by atoms with Crippen molar-refractivity contribution in [2.45, 2.75) is 17.4 Å². The minimum atomic E-state index is -4.01. The van der Waals surface area contributed by atoms with Crippen LogP contribution in [0.5, 0.6) is 0 Å². The molecule has 0 atom stereocenters. The molecule has 0 amide bonds. The van der Waals surface area contributed by atoms with Gasteiger partial charge in [-0.3, -0.25) is 0 Å². The van der Waals surface area contributed by atoms with E-state index in [1.54, 1.807) is 0 Å². The highest BCUT2D eigenvalue weighted by Gasteiger charge is 2.29. The number of hydrogen-bond acceptors (Lipinski definition) is 4. The van der Waals surface area contributed by atoms with Gasteiger partial charge in [-0.25, -0.2) is 17.5 Å². The van der Waals surface area contributed by atoms with Crippen LogP contribution in [-0.4, -0.2) is 37.4 Å². The number of halogens is 2. The molecule has 3 N–H and O–H groups in total. The van der Waals surface area contributed by atoms with Gasteiger partial charge >= 0.3 is 0 Å². The third-order valence-corrected chi connectivity index (χ3v) is 4.56. The van der Waals surface area contributed by atoms with Gasteiger partial charge in [0, 0.05) is 0 Å². The molecule has 102 valence electrons. The van der Waals surface area contributed by atoms with Gasteiger partial charge in [-0.15, -0.1) is 0 Å². The van der Waals surface area contributed by atoms with Gasteiger partial charge < -0.3 is 10.2 Å². The third-order valence-electron chi connectivity index (χ3n) is 2.28. The van der Waals surface area contributed by atoms with Gasteiger partial charge in [0.05, 0.1) is 28.1 Å². The molecule has 0 unspecified atom stereocenters. The topological polar surface area (TPSA) is 86.6 Å². The van der Waals surface area contributed by atoms with Crippen LogP contribution >= 0.6 is 15.9 Å². The normalized spacial score (nSPS) is 12.7. The first-order valence-electron chi connectivity index (χ1n) is 4.95. The largest absolute Gasteiger partial charge is 0.394 e. The van der Waals surface area contributed by atoms with E-state index >= 15 is 0 Å². The monoisotopic (exact) mass is 341 g/mol. The zero-order chi connectivity index (χ0) is 14.0. The molecule has 1 aromatic rings. The summed E-state index contributed by atoms with van der Waals surface area (Å²) in [4.78, 5) is -0.281. The summed E-state index contributed by atoms with van der Waals surface area (Å²) < 4.78 is 39.4. The van der Waals surface area contributed by atoms with Crippen LogP contribution in [0.25, 0.3) is 0 Å². The quantitative estimate of drug-likeness (QED) is 0.732. The van der Waals surface area contributed by atoms with Gasteiger partial charge in [0.1, 0.15) is 5.82 Å². The maximum atomic E-state index is 13.3. The number of aliphatic hydroxyl groups is 2. The Bertz CT molecular complexity index is 531. The highest BCUT2D eigenvalue weighted by atomic mass is 79.9. The molecular weight excluding hydrogens is 329 g/mol.